The summed E-state index contributed by atoms with van der Waals surface area (Å²) in [5.74, 6) is 1.12. The Kier molecular flexibility index (Phi) is 3.58. The van der Waals surface area contributed by atoms with Crippen molar-refractivity contribution in [3.63, 3.8) is 0 Å². The van der Waals surface area contributed by atoms with Crippen molar-refractivity contribution >= 4 is 11.6 Å². The Hall–Kier alpha value is -1.62. The van der Waals surface area contributed by atoms with Gasteiger partial charge in [0.15, 0.2) is 5.82 Å². The number of aryl methyl sites for hydroxylation is 1. The van der Waals surface area contributed by atoms with Gasteiger partial charge in [0.2, 0.25) is 0 Å². The number of hydrogen-bond acceptors (Lipinski definition) is 3. The fraction of sp³-hybridized carbons (Fsp3) is 0.273. The van der Waals surface area contributed by atoms with Crippen molar-refractivity contribution < 1.29 is 9.13 Å². The maximum Gasteiger partial charge on any atom is 0.164 e. The highest BCUT2D eigenvalue weighted by Gasteiger charge is 2.07. The molecule has 0 saturated heterocycles. The molecule has 0 bridgehead atoms. The third-order valence-electron chi connectivity index (χ3n) is 2.33. The van der Waals surface area contributed by atoms with E-state index in [2.05, 4.69) is 10.1 Å². The minimum absolute atomic E-state index is 0.200. The zero-order valence-electron chi connectivity index (χ0n) is 9.23. The molecule has 1 aromatic heterocycles. The Bertz CT molecular complexity index is 515. The van der Waals surface area contributed by atoms with Crippen LogP contribution in [0.3, 0.4) is 0 Å². The van der Waals surface area contributed by atoms with Crippen molar-refractivity contribution in [1.29, 1.82) is 0 Å². The summed E-state index contributed by atoms with van der Waals surface area (Å²) in [4.78, 5) is 4.02. The van der Waals surface area contributed by atoms with Gasteiger partial charge in [-0.3, -0.25) is 4.68 Å². The van der Waals surface area contributed by atoms with Crippen molar-refractivity contribution in [1.82, 2.24) is 14.8 Å². The Morgan fingerprint density at radius 3 is 2.94 bits per heavy atom. The summed E-state index contributed by atoms with van der Waals surface area (Å²) in [6.45, 7) is 0.270. The van der Waals surface area contributed by atoms with Crippen LogP contribution in [0, 0.1) is 5.82 Å². The van der Waals surface area contributed by atoms with Crippen LogP contribution in [0.2, 0.25) is 0 Å². The van der Waals surface area contributed by atoms with E-state index in [1.165, 1.54) is 18.5 Å². The minimum Gasteiger partial charge on any atom is -0.485 e. The number of nitrogens with zero attached hydrogens (tertiary/aromatic N) is 3. The molecule has 1 aromatic carbocycles. The van der Waals surface area contributed by atoms with Crippen molar-refractivity contribution in [2.24, 2.45) is 7.05 Å². The maximum atomic E-state index is 13.0. The quantitative estimate of drug-likeness (QED) is 0.787. The van der Waals surface area contributed by atoms with Gasteiger partial charge in [-0.15, -0.1) is 11.6 Å². The average molecular weight is 256 g/mol. The van der Waals surface area contributed by atoms with E-state index in [-0.39, 0.29) is 18.3 Å². The largest absolute Gasteiger partial charge is 0.485 e. The van der Waals surface area contributed by atoms with Crippen LogP contribution in [0.25, 0.3) is 0 Å². The molecule has 0 aliphatic rings. The van der Waals surface area contributed by atoms with Crippen LogP contribution in [0.1, 0.15) is 11.4 Å². The second kappa shape index (κ2) is 5.14. The Morgan fingerprint density at radius 2 is 2.29 bits per heavy atom. The highest BCUT2D eigenvalue weighted by atomic mass is 35.5. The van der Waals surface area contributed by atoms with Crippen LogP contribution in [0.4, 0.5) is 4.39 Å². The summed E-state index contributed by atoms with van der Waals surface area (Å²) in [6, 6.07) is 4.25. The van der Waals surface area contributed by atoms with Gasteiger partial charge in [0, 0.05) is 12.6 Å². The lowest BCUT2D eigenvalue weighted by Gasteiger charge is -2.09. The van der Waals surface area contributed by atoms with Gasteiger partial charge in [-0.25, -0.2) is 9.37 Å². The van der Waals surface area contributed by atoms with Crippen molar-refractivity contribution in [3.05, 3.63) is 41.7 Å². The van der Waals surface area contributed by atoms with Gasteiger partial charge >= 0.3 is 0 Å². The second-order valence-electron chi connectivity index (χ2n) is 3.47. The highest BCUT2D eigenvalue weighted by molar-refractivity contribution is 6.17. The summed E-state index contributed by atoms with van der Waals surface area (Å²) in [7, 11) is 1.78. The fourth-order valence-corrected chi connectivity index (χ4v) is 1.60. The maximum absolute atomic E-state index is 13.0. The molecular weight excluding hydrogens is 245 g/mol. The smallest absolute Gasteiger partial charge is 0.164 e. The van der Waals surface area contributed by atoms with Gasteiger partial charge in [0.05, 0.1) is 5.88 Å². The van der Waals surface area contributed by atoms with Crippen LogP contribution in [0.15, 0.2) is 24.5 Å². The third kappa shape index (κ3) is 2.74. The van der Waals surface area contributed by atoms with Gasteiger partial charge in [-0.1, -0.05) is 0 Å². The van der Waals surface area contributed by atoms with Gasteiger partial charge < -0.3 is 4.74 Å². The standard InChI is InChI=1S/C11H11ClFN3O/c1-16-11(14-7-15-16)6-17-10-3-2-9(13)4-8(10)5-12/h2-4,7H,5-6H2,1H3. The van der Waals surface area contributed by atoms with Crippen LogP contribution in [-0.4, -0.2) is 14.8 Å². The average Bonchev–Trinajstić information content (AvgIpc) is 2.73. The molecule has 90 valence electrons. The first-order valence-corrected chi connectivity index (χ1v) is 5.54. The second-order valence-corrected chi connectivity index (χ2v) is 3.74. The van der Waals surface area contributed by atoms with E-state index in [1.54, 1.807) is 17.8 Å². The SMILES string of the molecule is Cn1ncnc1COc1ccc(F)cc1CCl. The molecule has 1 heterocycles. The zero-order chi connectivity index (χ0) is 12.3. The third-order valence-corrected chi connectivity index (χ3v) is 2.62. The predicted molar refractivity (Wildman–Crippen MR) is 61.3 cm³/mol. The number of halogens is 2. The van der Waals surface area contributed by atoms with Crippen molar-refractivity contribution in [2.45, 2.75) is 12.5 Å². The first-order valence-electron chi connectivity index (χ1n) is 5.01. The van der Waals surface area contributed by atoms with E-state index in [1.807, 2.05) is 0 Å². The van der Waals surface area contributed by atoms with Gasteiger partial charge in [0.1, 0.15) is 24.5 Å². The summed E-state index contributed by atoms with van der Waals surface area (Å²) in [5.41, 5.74) is 0.619. The topological polar surface area (TPSA) is 39.9 Å². The minimum atomic E-state index is -0.327. The molecular formula is C11H11ClFN3O. The molecule has 4 nitrogen and oxygen atoms in total. The molecule has 0 spiro atoms. The zero-order valence-corrected chi connectivity index (χ0v) is 9.99. The summed E-state index contributed by atoms with van der Waals surface area (Å²) < 4.78 is 20.1. The van der Waals surface area contributed by atoms with E-state index in [9.17, 15) is 4.39 Å². The number of rotatable bonds is 4. The Balaban J connectivity index is 2.11. The molecule has 0 fully saturated rings. The molecule has 0 radical (unpaired) electrons. The molecule has 0 amide bonds. The molecule has 6 heteroatoms. The molecule has 17 heavy (non-hydrogen) atoms. The van der Waals surface area contributed by atoms with Crippen LogP contribution >= 0.6 is 11.6 Å². The predicted octanol–water partition coefficient (Wildman–Crippen LogP) is 2.27. The molecule has 0 N–H and O–H groups in total. The lowest BCUT2D eigenvalue weighted by molar-refractivity contribution is 0.287. The number of hydrogen-bond donors (Lipinski definition) is 0. The lowest BCUT2D eigenvalue weighted by atomic mass is 10.2. The number of benzene rings is 1. The Labute approximate surface area is 103 Å². The monoisotopic (exact) mass is 255 g/mol. The number of aromatic nitrogens is 3. The van der Waals surface area contributed by atoms with Crippen molar-refractivity contribution in [3.8, 4) is 5.75 Å². The lowest BCUT2D eigenvalue weighted by Crippen LogP contribution is -2.05. The molecule has 2 rings (SSSR count). The van der Waals surface area contributed by atoms with E-state index in [4.69, 9.17) is 16.3 Å². The van der Waals surface area contributed by atoms with E-state index in [0.29, 0.717) is 17.1 Å². The summed E-state index contributed by atoms with van der Waals surface area (Å²) >= 11 is 5.72. The molecule has 0 atom stereocenters. The van der Waals surface area contributed by atoms with E-state index < -0.39 is 0 Å². The molecule has 0 aliphatic carbocycles. The van der Waals surface area contributed by atoms with Gasteiger partial charge in [0.25, 0.3) is 0 Å². The summed E-state index contributed by atoms with van der Waals surface area (Å²) in [5, 5.41) is 3.93. The highest BCUT2D eigenvalue weighted by Crippen LogP contribution is 2.22. The van der Waals surface area contributed by atoms with Gasteiger partial charge in [-0.2, -0.15) is 5.10 Å². The van der Waals surface area contributed by atoms with Crippen molar-refractivity contribution in [2.75, 3.05) is 0 Å². The normalized spacial score (nSPS) is 10.5. The van der Waals surface area contributed by atoms with Crippen LogP contribution in [-0.2, 0) is 19.5 Å². The Morgan fingerprint density at radius 1 is 1.47 bits per heavy atom. The van der Waals surface area contributed by atoms with Gasteiger partial charge in [-0.05, 0) is 18.2 Å². The van der Waals surface area contributed by atoms with E-state index >= 15 is 0 Å². The fourth-order valence-electron chi connectivity index (χ4n) is 1.39. The molecule has 0 saturated carbocycles. The molecule has 2 aromatic rings. The summed E-state index contributed by atoms with van der Waals surface area (Å²) in [6.07, 6.45) is 1.45. The number of alkyl halides is 1. The van der Waals surface area contributed by atoms with E-state index in [0.717, 1.165) is 0 Å². The molecule has 0 unspecified atom stereocenters. The molecule has 0 aliphatic heterocycles. The first-order chi connectivity index (χ1) is 8.20. The first kappa shape index (κ1) is 11.9. The van der Waals surface area contributed by atoms with Crippen LogP contribution in [0.5, 0.6) is 5.75 Å². The number of ether oxygens (including phenoxy) is 1. The van der Waals surface area contributed by atoms with Crippen LogP contribution < -0.4 is 4.74 Å².